The van der Waals surface area contributed by atoms with Crippen LogP contribution in [0.25, 0.3) is 0 Å². The predicted octanol–water partition coefficient (Wildman–Crippen LogP) is 3.45. The molecule has 0 bridgehead atoms. The van der Waals surface area contributed by atoms with Crippen LogP contribution in [0.2, 0.25) is 0 Å². The van der Waals surface area contributed by atoms with Gasteiger partial charge >= 0.3 is 0 Å². The summed E-state index contributed by atoms with van der Waals surface area (Å²) in [6, 6.07) is 20.6. The van der Waals surface area contributed by atoms with Crippen LogP contribution >= 0.6 is 24.0 Å². The Hall–Kier alpha value is -2.09. The molecule has 1 aliphatic rings. The number of amides is 1. The van der Waals surface area contributed by atoms with Crippen LogP contribution in [0.4, 0.5) is 0 Å². The van der Waals surface area contributed by atoms with Crippen molar-refractivity contribution in [3.05, 3.63) is 71.8 Å². The lowest BCUT2D eigenvalue weighted by Crippen LogP contribution is -2.41. The Kier molecular flexibility index (Phi) is 9.97. The van der Waals surface area contributed by atoms with Gasteiger partial charge in [-0.3, -0.25) is 9.79 Å². The van der Waals surface area contributed by atoms with Gasteiger partial charge in [-0.15, -0.1) is 24.0 Å². The summed E-state index contributed by atoms with van der Waals surface area (Å²) < 4.78 is 0. The van der Waals surface area contributed by atoms with Crippen molar-refractivity contribution in [2.75, 3.05) is 26.7 Å². The molecule has 2 aromatic rings. The first kappa shape index (κ1) is 23.2. The van der Waals surface area contributed by atoms with Crippen LogP contribution in [0.3, 0.4) is 0 Å². The molecule has 5 nitrogen and oxygen atoms in total. The number of carbonyl (C=O) groups is 1. The number of nitrogens with one attached hydrogen (secondary N) is 2. The summed E-state index contributed by atoms with van der Waals surface area (Å²) in [5.74, 6) is 1.59. The Balaban J connectivity index is 0.00000300. The fourth-order valence-corrected chi connectivity index (χ4v) is 3.64. The Labute approximate surface area is 191 Å². The molecular formula is C23H31IN4O. The topological polar surface area (TPSA) is 56.7 Å². The molecule has 2 N–H and O–H groups in total. The Morgan fingerprint density at radius 1 is 1.03 bits per heavy atom. The maximum absolute atomic E-state index is 12.1. The Morgan fingerprint density at radius 3 is 2.34 bits per heavy atom. The third kappa shape index (κ3) is 7.68. The van der Waals surface area contributed by atoms with E-state index in [9.17, 15) is 4.79 Å². The number of guanidine groups is 1. The van der Waals surface area contributed by atoms with E-state index in [1.807, 2.05) is 37.4 Å². The highest BCUT2D eigenvalue weighted by Crippen LogP contribution is 2.20. The van der Waals surface area contributed by atoms with Crippen molar-refractivity contribution in [3.8, 4) is 0 Å². The van der Waals surface area contributed by atoms with Crippen molar-refractivity contribution in [1.82, 2.24) is 15.5 Å². The SMILES string of the molecule is CN=C(NCCC(=O)NCc1ccccc1)N1CCC(Cc2ccccc2)C1.I. The van der Waals surface area contributed by atoms with Crippen molar-refractivity contribution in [1.29, 1.82) is 0 Å². The smallest absolute Gasteiger partial charge is 0.222 e. The second kappa shape index (κ2) is 12.5. The second-order valence-electron chi connectivity index (χ2n) is 7.28. The van der Waals surface area contributed by atoms with Crippen molar-refractivity contribution < 1.29 is 4.79 Å². The number of rotatable bonds is 7. The normalized spacial score (nSPS) is 16.2. The van der Waals surface area contributed by atoms with Crippen LogP contribution in [-0.2, 0) is 17.8 Å². The molecular weight excluding hydrogens is 475 g/mol. The van der Waals surface area contributed by atoms with E-state index in [4.69, 9.17) is 0 Å². The van der Waals surface area contributed by atoms with E-state index >= 15 is 0 Å². The summed E-state index contributed by atoms with van der Waals surface area (Å²) >= 11 is 0. The Morgan fingerprint density at radius 2 is 1.69 bits per heavy atom. The minimum absolute atomic E-state index is 0. The fourth-order valence-electron chi connectivity index (χ4n) is 3.64. The molecule has 1 heterocycles. The quantitative estimate of drug-likeness (QED) is 0.344. The van der Waals surface area contributed by atoms with E-state index in [1.165, 1.54) is 12.0 Å². The number of likely N-dealkylation sites (tertiary alicyclic amines) is 1. The highest BCUT2D eigenvalue weighted by molar-refractivity contribution is 14.0. The average Bonchev–Trinajstić information content (AvgIpc) is 3.19. The summed E-state index contributed by atoms with van der Waals surface area (Å²) in [7, 11) is 1.81. The van der Waals surface area contributed by atoms with Gasteiger partial charge in [0.15, 0.2) is 5.96 Å². The lowest BCUT2D eigenvalue weighted by Gasteiger charge is -2.21. The summed E-state index contributed by atoms with van der Waals surface area (Å²) in [6.45, 7) is 3.18. The monoisotopic (exact) mass is 506 g/mol. The lowest BCUT2D eigenvalue weighted by atomic mass is 9.99. The number of halogens is 1. The highest BCUT2D eigenvalue weighted by atomic mass is 127. The standard InChI is InChI=1S/C23H30N4O.HI/c1-24-23(25-14-12-22(28)26-17-20-10-6-3-7-11-20)27-15-13-21(18-27)16-19-8-4-2-5-9-19;/h2-11,21H,12-18H2,1H3,(H,24,25)(H,26,28);1H. The zero-order chi connectivity index (χ0) is 19.6. The predicted molar refractivity (Wildman–Crippen MR) is 130 cm³/mol. The minimum atomic E-state index is 0. The Bertz CT molecular complexity index is 767. The van der Waals surface area contributed by atoms with Gasteiger partial charge in [0.05, 0.1) is 0 Å². The van der Waals surface area contributed by atoms with Gasteiger partial charge < -0.3 is 15.5 Å². The van der Waals surface area contributed by atoms with Gasteiger partial charge in [0, 0.05) is 39.6 Å². The first-order chi connectivity index (χ1) is 13.7. The molecule has 0 aliphatic carbocycles. The average molecular weight is 506 g/mol. The zero-order valence-corrected chi connectivity index (χ0v) is 19.3. The van der Waals surface area contributed by atoms with Crippen molar-refractivity contribution in [2.45, 2.75) is 25.8 Å². The molecule has 0 saturated carbocycles. The fraction of sp³-hybridized carbons (Fsp3) is 0.391. The summed E-state index contributed by atoms with van der Waals surface area (Å²) in [5.41, 5.74) is 2.51. The summed E-state index contributed by atoms with van der Waals surface area (Å²) in [4.78, 5) is 18.8. The van der Waals surface area contributed by atoms with Gasteiger partial charge in [-0.25, -0.2) is 0 Å². The van der Waals surface area contributed by atoms with Crippen molar-refractivity contribution in [2.24, 2.45) is 10.9 Å². The van der Waals surface area contributed by atoms with Gasteiger partial charge in [-0.1, -0.05) is 60.7 Å². The van der Waals surface area contributed by atoms with E-state index in [0.717, 1.165) is 31.0 Å². The highest BCUT2D eigenvalue weighted by Gasteiger charge is 2.24. The maximum atomic E-state index is 12.1. The number of carbonyl (C=O) groups excluding carboxylic acids is 1. The second-order valence-corrected chi connectivity index (χ2v) is 7.28. The molecule has 1 amide bonds. The molecule has 1 unspecified atom stereocenters. The molecule has 6 heteroatoms. The van der Waals surface area contributed by atoms with E-state index in [0.29, 0.717) is 25.4 Å². The molecule has 0 spiro atoms. The van der Waals surface area contributed by atoms with Crippen LogP contribution in [0.15, 0.2) is 65.7 Å². The molecule has 2 aromatic carbocycles. The van der Waals surface area contributed by atoms with Crippen molar-refractivity contribution in [3.63, 3.8) is 0 Å². The van der Waals surface area contributed by atoms with Crippen LogP contribution in [-0.4, -0.2) is 43.4 Å². The summed E-state index contributed by atoms with van der Waals surface area (Å²) in [5, 5.41) is 6.30. The number of benzene rings is 2. The van der Waals surface area contributed by atoms with E-state index in [1.54, 1.807) is 0 Å². The third-order valence-electron chi connectivity index (χ3n) is 5.13. The van der Waals surface area contributed by atoms with E-state index in [2.05, 4.69) is 50.9 Å². The molecule has 1 atom stereocenters. The van der Waals surface area contributed by atoms with Crippen molar-refractivity contribution >= 4 is 35.8 Å². The van der Waals surface area contributed by atoms with Gasteiger partial charge in [0.25, 0.3) is 0 Å². The molecule has 0 radical (unpaired) electrons. The molecule has 3 rings (SSSR count). The lowest BCUT2D eigenvalue weighted by molar-refractivity contribution is -0.121. The van der Waals surface area contributed by atoms with Crippen LogP contribution in [0.5, 0.6) is 0 Å². The molecule has 29 heavy (non-hydrogen) atoms. The summed E-state index contributed by atoms with van der Waals surface area (Å²) in [6.07, 6.45) is 2.72. The largest absolute Gasteiger partial charge is 0.356 e. The first-order valence-electron chi connectivity index (χ1n) is 10.0. The van der Waals surface area contributed by atoms with Crippen LogP contribution < -0.4 is 10.6 Å². The van der Waals surface area contributed by atoms with E-state index < -0.39 is 0 Å². The number of hydrogen-bond acceptors (Lipinski definition) is 2. The number of aliphatic imine (C=N–C) groups is 1. The number of nitrogens with zero attached hydrogens (tertiary/aromatic N) is 2. The van der Waals surface area contributed by atoms with Gasteiger partial charge in [0.1, 0.15) is 0 Å². The number of hydrogen-bond donors (Lipinski definition) is 2. The first-order valence-corrected chi connectivity index (χ1v) is 10.0. The minimum Gasteiger partial charge on any atom is -0.356 e. The molecule has 156 valence electrons. The zero-order valence-electron chi connectivity index (χ0n) is 17.0. The van der Waals surface area contributed by atoms with Gasteiger partial charge in [-0.05, 0) is 29.9 Å². The maximum Gasteiger partial charge on any atom is 0.222 e. The van der Waals surface area contributed by atoms with E-state index in [-0.39, 0.29) is 29.9 Å². The van der Waals surface area contributed by atoms with Crippen LogP contribution in [0.1, 0.15) is 24.0 Å². The van der Waals surface area contributed by atoms with Gasteiger partial charge in [0.2, 0.25) is 5.91 Å². The molecule has 1 saturated heterocycles. The van der Waals surface area contributed by atoms with Gasteiger partial charge in [-0.2, -0.15) is 0 Å². The molecule has 1 fully saturated rings. The third-order valence-corrected chi connectivity index (χ3v) is 5.13. The molecule has 1 aliphatic heterocycles. The molecule has 0 aromatic heterocycles. The van der Waals surface area contributed by atoms with Crippen LogP contribution in [0, 0.1) is 5.92 Å².